The predicted molar refractivity (Wildman–Crippen MR) is 46.8 cm³/mol. The molecule has 1 aliphatic carbocycles. The maximum absolute atomic E-state index is 2.24. The quantitative estimate of drug-likeness (QED) is 0.440. The Bertz CT molecular complexity index is 187. The van der Waals surface area contributed by atoms with Crippen molar-refractivity contribution in [2.75, 3.05) is 0 Å². The van der Waals surface area contributed by atoms with Crippen molar-refractivity contribution < 1.29 is 0 Å². The average Bonchev–Trinajstić information content (AvgIpc) is 1.98. The molecule has 0 amide bonds. The summed E-state index contributed by atoms with van der Waals surface area (Å²) in [4.78, 5) is 0. The predicted octanol–water partition coefficient (Wildman–Crippen LogP) is 2.50. The first-order chi connectivity index (χ1) is 4.13. The first kappa shape index (κ1) is 10.1. The van der Waals surface area contributed by atoms with E-state index in [1.165, 1.54) is 22.6 Å². The van der Waals surface area contributed by atoms with E-state index in [9.17, 15) is 0 Å². The largest absolute Gasteiger partial charge is 0.0619 e. The third-order valence-electron chi connectivity index (χ3n) is 2.18. The Labute approximate surface area is 75.6 Å². The summed E-state index contributed by atoms with van der Waals surface area (Å²) in [5, 5.41) is 0. The van der Waals surface area contributed by atoms with Gasteiger partial charge in [-0.2, -0.15) is 0 Å². The van der Waals surface area contributed by atoms with Gasteiger partial charge in [0.25, 0.3) is 0 Å². The zero-order valence-electron chi connectivity index (χ0n) is 7.58. The molecule has 1 aliphatic rings. The van der Waals surface area contributed by atoms with Crippen molar-refractivity contribution in [3.8, 4) is 0 Å². The van der Waals surface area contributed by atoms with Gasteiger partial charge in [-0.25, -0.2) is 0 Å². The molecular weight excluding hydrogens is 115 g/mol. The van der Waals surface area contributed by atoms with Crippen molar-refractivity contribution in [1.29, 1.82) is 0 Å². The van der Waals surface area contributed by atoms with Crippen LogP contribution in [-0.4, -0.2) is 18.9 Å². The molecule has 0 saturated heterocycles. The Kier molecular flexibility index (Phi) is 3.49. The molecule has 0 atom stereocenters. The van der Waals surface area contributed by atoms with Crippen LogP contribution in [0.3, 0.4) is 0 Å². The van der Waals surface area contributed by atoms with E-state index in [4.69, 9.17) is 0 Å². The molecule has 10 heavy (non-hydrogen) atoms. The van der Waals surface area contributed by atoms with Crippen molar-refractivity contribution in [3.63, 3.8) is 0 Å². The van der Waals surface area contributed by atoms with Crippen molar-refractivity contribution in [2.45, 2.75) is 27.7 Å². The Morgan fingerprint density at radius 2 is 1.50 bits per heavy atom. The second-order valence-electron chi connectivity index (χ2n) is 2.76. The summed E-state index contributed by atoms with van der Waals surface area (Å²) in [6, 6.07) is 0. The van der Waals surface area contributed by atoms with Crippen LogP contribution in [0, 0.1) is 5.92 Å². The van der Waals surface area contributed by atoms with Gasteiger partial charge >= 0.3 is 0 Å². The van der Waals surface area contributed by atoms with Crippen molar-refractivity contribution >= 4 is 18.9 Å². The van der Waals surface area contributed by atoms with Gasteiger partial charge in [-0.05, 0) is 20.8 Å². The van der Waals surface area contributed by atoms with Crippen LogP contribution in [-0.2, 0) is 0 Å². The minimum Gasteiger partial charge on any atom is -0.0619 e. The third-order valence-corrected chi connectivity index (χ3v) is 2.18. The zero-order valence-corrected chi connectivity index (χ0v) is 7.58. The van der Waals surface area contributed by atoms with Crippen molar-refractivity contribution in [1.82, 2.24) is 0 Å². The number of rotatable bonds is 0. The van der Waals surface area contributed by atoms with Gasteiger partial charge in [0.2, 0.25) is 0 Å². The van der Waals surface area contributed by atoms with E-state index in [0.29, 0.717) is 0 Å². The monoisotopic (exact) mass is 128 g/mol. The minimum atomic E-state index is 0. The van der Waals surface area contributed by atoms with E-state index in [-0.39, 0.29) is 18.9 Å². The smallest absolute Gasteiger partial charge is 0.0224 e. The van der Waals surface area contributed by atoms with Gasteiger partial charge in [0.1, 0.15) is 0 Å². The second kappa shape index (κ2) is 3.46. The normalized spacial score (nSPS) is 19.0. The SMILES string of the molecule is C[C]1C(C)=CC(C)=C1C.[Li]. The van der Waals surface area contributed by atoms with Crippen LogP contribution in [0.4, 0.5) is 0 Å². The van der Waals surface area contributed by atoms with Gasteiger partial charge in [-0.1, -0.05) is 29.7 Å². The number of hydrogen-bond acceptors (Lipinski definition) is 0. The molecule has 0 aliphatic heterocycles. The molecule has 0 bridgehead atoms. The molecule has 0 fully saturated rings. The number of hydrogen-bond donors (Lipinski definition) is 0. The maximum Gasteiger partial charge on any atom is 0.0224 e. The topological polar surface area (TPSA) is 0 Å². The van der Waals surface area contributed by atoms with E-state index in [2.05, 4.69) is 33.8 Å². The van der Waals surface area contributed by atoms with Crippen LogP contribution in [0.5, 0.6) is 0 Å². The van der Waals surface area contributed by atoms with Crippen LogP contribution in [0.25, 0.3) is 0 Å². The van der Waals surface area contributed by atoms with E-state index in [1.54, 1.807) is 0 Å². The minimum absolute atomic E-state index is 0. The van der Waals surface area contributed by atoms with Gasteiger partial charge in [0, 0.05) is 24.8 Å². The van der Waals surface area contributed by atoms with E-state index >= 15 is 0 Å². The van der Waals surface area contributed by atoms with Crippen molar-refractivity contribution in [2.24, 2.45) is 0 Å². The molecule has 0 aromatic rings. The Hall–Kier alpha value is 0.0774. The summed E-state index contributed by atoms with van der Waals surface area (Å²) in [6.45, 7) is 8.68. The van der Waals surface area contributed by atoms with Gasteiger partial charge in [0.05, 0.1) is 0 Å². The first-order valence-corrected chi connectivity index (χ1v) is 3.33. The van der Waals surface area contributed by atoms with Crippen LogP contribution in [0.15, 0.2) is 22.8 Å². The van der Waals surface area contributed by atoms with Crippen molar-refractivity contribution in [3.05, 3.63) is 28.7 Å². The molecular formula is C9H13Li. The maximum atomic E-state index is 2.24. The summed E-state index contributed by atoms with van der Waals surface area (Å²) in [6.07, 6.45) is 2.24. The van der Waals surface area contributed by atoms with E-state index < -0.39 is 0 Å². The first-order valence-electron chi connectivity index (χ1n) is 3.33. The molecule has 1 rings (SSSR count). The Morgan fingerprint density at radius 1 is 1.00 bits per heavy atom. The summed E-state index contributed by atoms with van der Waals surface area (Å²) in [5.74, 6) is 1.45. The van der Waals surface area contributed by atoms with Crippen LogP contribution in [0.2, 0.25) is 0 Å². The molecule has 2 radical (unpaired) electrons. The average molecular weight is 128 g/mol. The summed E-state index contributed by atoms with van der Waals surface area (Å²) in [5.41, 5.74) is 4.29. The Balaban J connectivity index is 0.000000810. The summed E-state index contributed by atoms with van der Waals surface area (Å²) >= 11 is 0. The van der Waals surface area contributed by atoms with Crippen LogP contribution in [0.1, 0.15) is 27.7 Å². The fourth-order valence-electron chi connectivity index (χ4n) is 1.13. The summed E-state index contributed by atoms with van der Waals surface area (Å²) in [7, 11) is 0. The number of allylic oxidation sites excluding steroid dienone is 4. The molecule has 0 unspecified atom stereocenters. The molecule has 0 aromatic carbocycles. The second-order valence-corrected chi connectivity index (χ2v) is 2.76. The van der Waals surface area contributed by atoms with Crippen LogP contribution < -0.4 is 0 Å². The molecule has 0 aromatic heterocycles. The Morgan fingerprint density at radius 3 is 1.60 bits per heavy atom. The molecule has 0 saturated carbocycles. The molecule has 0 nitrogen and oxygen atoms in total. The zero-order chi connectivity index (χ0) is 7.02. The van der Waals surface area contributed by atoms with E-state index in [1.807, 2.05) is 0 Å². The third kappa shape index (κ3) is 1.57. The van der Waals surface area contributed by atoms with Crippen LogP contribution >= 0.6 is 0 Å². The molecule has 1 heteroatoms. The van der Waals surface area contributed by atoms with Gasteiger partial charge in [-0.3, -0.25) is 0 Å². The molecule has 0 N–H and O–H groups in total. The standard InChI is InChI=1S/C9H13.Li/c1-6-5-7(2)9(4)8(6)3;/h5H,1-4H3;. The van der Waals surface area contributed by atoms with Gasteiger partial charge in [0.15, 0.2) is 0 Å². The fraction of sp³-hybridized carbons (Fsp3) is 0.444. The molecule has 0 heterocycles. The van der Waals surface area contributed by atoms with Gasteiger partial charge in [-0.15, -0.1) is 0 Å². The van der Waals surface area contributed by atoms with Gasteiger partial charge < -0.3 is 0 Å². The molecule has 50 valence electrons. The summed E-state index contributed by atoms with van der Waals surface area (Å²) < 4.78 is 0. The van der Waals surface area contributed by atoms with E-state index in [0.717, 1.165) is 0 Å². The molecule has 0 spiro atoms. The fourth-order valence-corrected chi connectivity index (χ4v) is 1.13.